The molecule has 0 fully saturated rings. The normalized spacial score (nSPS) is 13.1. The van der Waals surface area contributed by atoms with Gasteiger partial charge in [-0.1, -0.05) is 52.0 Å². The molecule has 0 aliphatic heterocycles. The van der Waals surface area contributed by atoms with Crippen LogP contribution in [0.15, 0.2) is 18.2 Å². The summed E-state index contributed by atoms with van der Waals surface area (Å²) in [6.07, 6.45) is 0.711. The van der Waals surface area contributed by atoms with Crippen molar-refractivity contribution < 1.29 is 4.74 Å². The molecule has 2 N–H and O–H groups in total. The monoisotopic (exact) mass is 279 g/mol. The average molecular weight is 279 g/mol. The lowest BCUT2D eigenvalue weighted by Gasteiger charge is -2.23. The third-order valence-corrected chi connectivity index (χ3v) is 3.38. The summed E-state index contributed by atoms with van der Waals surface area (Å²) in [5, 5.41) is 0. The minimum atomic E-state index is 0.127. The molecule has 0 radical (unpaired) electrons. The Morgan fingerprint density at radius 2 is 2.00 bits per heavy atom. The van der Waals surface area contributed by atoms with Gasteiger partial charge in [0.05, 0.1) is 11.6 Å². The molecule has 0 aromatic heterocycles. The zero-order valence-corrected chi connectivity index (χ0v) is 13.4. The van der Waals surface area contributed by atoms with Gasteiger partial charge in [-0.05, 0) is 35.4 Å². The average Bonchev–Trinajstić information content (AvgIpc) is 2.27. The van der Waals surface area contributed by atoms with Crippen molar-refractivity contribution >= 4 is 17.2 Å². The SMILES string of the molecule is CCOc1ccc(C(C)(C)C)cc1C(C)CC(N)=S. The maximum Gasteiger partial charge on any atom is 0.122 e. The largest absolute Gasteiger partial charge is 0.494 e. The van der Waals surface area contributed by atoms with E-state index in [2.05, 4.69) is 45.9 Å². The second-order valence-electron chi connectivity index (χ2n) is 6.01. The van der Waals surface area contributed by atoms with Crippen molar-refractivity contribution in [2.45, 2.75) is 52.4 Å². The minimum absolute atomic E-state index is 0.127. The fraction of sp³-hybridized carbons (Fsp3) is 0.562. The Bertz CT molecular complexity index is 449. The van der Waals surface area contributed by atoms with Crippen LogP contribution >= 0.6 is 12.2 Å². The Hall–Kier alpha value is -1.09. The number of hydrogen-bond acceptors (Lipinski definition) is 2. The smallest absolute Gasteiger partial charge is 0.122 e. The molecule has 0 aliphatic carbocycles. The van der Waals surface area contributed by atoms with Crippen LogP contribution in [0.4, 0.5) is 0 Å². The first-order valence-electron chi connectivity index (χ1n) is 6.81. The van der Waals surface area contributed by atoms with Gasteiger partial charge in [0.1, 0.15) is 5.75 Å². The molecule has 0 amide bonds. The van der Waals surface area contributed by atoms with E-state index in [1.165, 1.54) is 11.1 Å². The van der Waals surface area contributed by atoms with E-state index in [9.17, 15) is 0 Å². The first kappa shape index (κ1) is 16.0. The summed E-state index contributed by atoms with van der Waals surface area (Å²) >= 11 is 5.02. The molecule has 0 saturated carbocycles. The maximum absolute atomic E-state index is 5.72. The molecule has 2 nitrogen and oxygen atoms in total. The Kier molecular flexibility index (Phi) is 5.36. The van der Waals surface area contributed by atoms with E-state index >= 15 is 0 Å². The standard InChI is InChI=1S/C16H25NOS/c1-6-18-14-8-7-12(16(3,4)5)10-13(14)11(2)9-15(17)19/h7-8,10-11H,6,9H2,1-5H3,(H2,17,19). The van der Waals surface area contributed by atoms with E-state index in [-0.39, 0.29) is 11.3 Å². The van der Waals surface area contributed by atoms with Crippen molar-refractivity contribution in [3.05, 3.63) is 29.3 Å². The van der Waals surface area contributed by atoms with Gasteiger partial charge in [-0.15, -0.1) is 0 Å². The highest BCUT2D eigenvalue weighted by Gasteiger charge is 2.19. The Morgan fingerprint density at radius 1 is 1.37 bits per heavy atom. The van der Waals surface area contributed by atoms with Gasteiger partial charge in [-0.3, -0.25) is 0 Å². The van der Waals surface area contributed by atoms with Crippen LogP contribution in [0.2, 0.25) is 0 Å². The fourth-order valence-corrected chi connectivity index (χ4v) is 2.35. The highest BCUT2D eigenvalue weighted by atomic mass is 32.1. The van der Waals surface area contributed by atoms with E-state index in [0.717, 1.165) is 5.75 Å². The topological polar surface area (TPSA) is 35.2 Å². The molecule has 0 heterocycles. The van der Waals surface area contributed by atoms with E-state index < -0.39 is 0 Å². The van der Waals surface area contributed by atoms with E-state index in [4.69, 9.17) is 22.7 Å². The van der Waals surface area contributed by atoms with Gasteiger partial charge in [0, 0.05) is 6.42 Å². The van der Waals surface area contributed by atoms with Crippen molar-refractivity contribution in [2.24, 2.45) is 5.73 Å². The van der Waals surface area contributed by atoms with Crippen molar-refractivity contribution in [3.8, 4) is 5.75 Å². The first-order valence-corrected chi connectivity index (χ1v) is 7.22. The van der Waals surface area contributed by atoms with Gasteiger partial charge >= 0.3 is 0 Å². The van der Waals surface area contributed by atoms with Crippen molar-refractivity contribution in [2.75, 3.05) is 6.61 Å². The van der Waals surface area contributed by atoms with Crippen LogP contribution in [0, 0.1) is 0 Å². The highest BCUT2D eigenvalue weighted by Crippen LogP contribution is 2.33. The molecule has 106 valence electrons. The van der Waals surface area contributed by atoms with Gasteiger partial charge in [-0.2, -0.15) is 0 Å². The van der Waals surface area contributed by atoms with Crippen LogP contribution in [0.3, 0.4) is 0 Å². The zero-order chi connectivity index (χ0) is 14.6. The molecule has 0 saturated heterocycles. The number of ether oxygens (including phenoxy) is 1. The van der Waals surface area contributed by atoms with Crippen LogP contribution in [0.5, 0.6) is 5.75 Å². The lowest BCUT2D eigenvalue weighted by Crippen LogP contribution is -2.15. The van der Waals surface area contributed by atoms with Crippen molar-refractivity contribution in [3.63, 3.8) is 0 Å². The van der Waals surface area contributed by atoms with E-state index in [1.54, 1.807) is 0 Å². The Balaban J connectivity index is 3.18. The molecule has 0 aliphatic rings. The van der Waals surface area contributed by atoms with Gasteiger partial charge < -0.3 is 10.5 Å². The Labute approximate surface area is 122 Å². The van der Waals surface area contributed by atoms with Gasteiger partial charge in [0.25, 0.3) is 0 Å². The second kappa shape index (κ2) is 6.38. The molecule has 1 unspecified atom stereocenters. The second-order valence-corrected chi connectivity index (χ2v) is 6.53. The van der Waals surface area contributed by atoms with E-state index in [0.29, 0.717) is 18.0 Å². The summed E-state index contributed by atoms with van der Waals surface area (Å²) in [4.78, 5) is 0.552. The predicted molar refractivity (Wildman–Crippen MR) is 86.1 cm³/mol. The first-order chi connectivity index (χ1) is 8.75. The molecule has 3 heteroatoms. The molecular weight excluding hydrogens is 254 g/mol. The minimum Gasteiger partial charge on any atom is -0.494 e. The zero-order valence-electron chi connectivity index (χ0n) is 12.6. The molecular formula is C16H25NOS. The Morgan fingerprint density at radius 3 is 2.47 bits per heavy atom. The quantitative estimate of drug-likeness (QED) is 0.822. The summed E-state index contributed by atoms with van der Waals surface area (Å²) < 4.78 is 5.72. The maximum atomic E-state index is 5.72. The lowest BCUT2D eigenvalue weighted by atomic mass is 9.84. The summed E-state index contributed by atoms with van der Waals surface area (Å²) in [5.41, 5.74) is 8.30. The highest BCUT2D eigenvalue weighted by molar-refractivity contribution is 7.80. The van der Waals surface area contributed by atoms with E-state index in [1.807, 2.05) is 6.92 Å². The predicted octanol–water partition coefficient (Wildman–Crippen LogP) is 4.16. The van der Waals surface area contributed by atoms with Crippen LogP contribution < -0.4 is 10.5 Å². The molecule has 1 rings (SSSR count). The summed E-state index contributed by atoms with van der Waals surface area (Å²) in [5.74, 6) is 1.22. The number of nitrogens with two attached hydrogens (primary N) is 1. The molecule has 1 atom stereocenters. The van der Waals surface area contributed by atoms with Crippen LogP contribution in [-0.2, 0) is 5.41 Å². The number of hydrogen-bond donors (Lipinski definition) is 1. The van der Waals surface area contributed by atoms with Gasteiger partial charge in [0.15, 0.2) is 0 Å². The van der Waals surface area contributed by atoms with Crippen LogP contribution in [-0.4, -0.2) is 11.6 Å². The van der Waals surface area contributed by atoms with Gasteiger partial charge in [0.2, 0.25) is 0 Å². The van der Waals surface area contributed by atoms with Crippen LogP contribution in [0.1, 0.15) is 58.1 Å². The molecule has 0 bridgehead atoms. The number of thiocarbonyl (C=S) groups is 1. The summed E-state index contributed by atoms with van der Waals surface area (Å²) in [6, 6.07) is 6.44. The lowest BCUT2D eigenvalue weighted by molar-refractivity contribution is 0.334. The van der Waals surface area contributed by atoms with Crippen molar-refractivity contribution in [1.82, 2.24) is 0 Å². The van der Waals surface area contributed by atoms with Crippen LogP contribution in [0.25, 0.3) is 0 Å². The molecule has 1 aromatic carbocycles. The summed E-state index contributed by atoms with van der Waals surface area (Å²) in [7, 11) is 0. The molecule has 19 heavy (non-hydrogen) atoms. The number of benzene rings is 1. The third-order valence-electron chi connectivity index (χ3n) is 3.21. The fourth-order valence-electron chi connectivity index (χ4n) is 2.10. The third kappa shape index (κ3) is 4.50. The summed E-state index contributed by atoms with van der Waals surface area (Å²) in [6.45, 7) is 11.4. The van der Waals surface area contributed by atoms with Gasteiger partial charge in [-0.25, -0.2) is 0 Å². The number of rotatable bonds is 5. The van der Waals surface area contributed by atoms with Crippen molar-refractivity contribution in [1.29, 1.82) is 0 Å². The molecule has 1 aromatic rings. The molecule has 0 spiro atoms.